The molecule has 2 atom stereocenters. The third-order valence-electron chi connectivity index (χ3n) is 4.74. The Bertz CT molecular complexity index is 515. The maximum Gasteiger partial charge on any atom is 0.0684 e. The van der Waals surface area contributed by atoms with Crippen LogP contribution in [0.2, 0.25) is 0 Å². The number of aliphatic hydroxyl groups excluding tert-OH is 1. The molecule has 0 amide bonds. The maximum absolute atomic E-state index is 10.6. The maximum atomic E-state index is 10.6. The first-order valence-electron chi connectivity index (χ1n) is 6.64. The SMILES string of the molecule is C[C@H]1C2c3ccccc3C(c3ccccc32)[C@H]1O. The van der Waals surface area contributed by atoms with Gasteiger partial charge in [0.1, 0.15) is 0 Å². The van der Waals surface area contributed by atoms with Gasteiger partial charge in [-0.05, 0) is 28.2 Å². The molecule has 0 radical (unpaired) electrons. The molecule has 1 heteroatoms. The number of benzene rings is 2. The van der Waals surface area contributed by atoms with Crippen molar-refractivity contribution in [1.29, 1.82) is 0 Å². The Morgan fingerprint density at radius 2 is 1.11 bits per heavy atom. The van der Waals surface area contributed by atoms with Crippen molar-refractivity contribution in [3.05, 3.63) is 70.8 Å². The van der Waals surface area contributed by atoms with Crippen molar-refractivity contribution in [3.63, 3.8) is 0 Å². The third-order valence-corrected chi connectivity index (χ3v) is 4.74. The molecule has 0 heterocycles. The highest BCUT2D eigenvalue weighted by Gasteiger charge is 2.46. The fourth-order valence-corrected chi connectivity index (χ4v) is 3.92. The normalized spacial score (nSPS) is 31.9. The van der Waals surface area contributed by atoms with E-state index in [2.05, 4.69) is 55.5 Å². The van der Waals surface area contributed by atoms with E-state index in [4.69, 9.17) is 0 Å². The van der Waals surface area contributed by atoms with Crippen LogP contribution in [-0.2, 0) is 0 Å². The summed E-state index contributed by atoms with van der Waals surface area (Å²) in [5.41, 5.74) is 5.48. The Morgan fingerprint density at radius 3 is 1.56 bits per heavy atom. The van der Waals surface area contributed by atoms with Gasteiger partial charge in [0.05, 0.1) is 6.10 Å². The van der Waals surface area contributed by atoms with Gasteiger partial charge in [-0.1, -0.05) is 55.5 Å². The van der Waals surface area contributed by atoms with Crippen LogP contribution in [-0.4, -0.2) is 11.2 Å². The molecule has 3 aliphatic rings. The van der Waals surface area contributed by atoms with E-state index in [9.17, 15) is 5.11 Å². The quantitative estimate of drug-likeness (QED) is 0.744. The predicted molar refractivity (Wildman–Crippen MR) is 71.7 cm³/mol. The lowest BCUT2D eigenvalue weighted by Crippen LogP contribution is -2.42. The molecule has 2 aromatic rings. The second kappa shape index (κ2) is 3.46. The Morgan fingerprint density at radius 1 is 0.722 bits per heavy atom. The fraction of sp³-hybridized carbons (Fsp3) is 0.294. The minimum atomic E-state index is -0.250. The lowest BCUT2D eigenvalue weighted by molar-refractivity contribution is 0.0722. The lowest BCUT2D eigenvalue weighted by Gasteiger charge is -2.47. The van der Waals surface area contributed by atoms with Gasteiger partial charge in [0.15, 0.2) is 0 Å². The molecule has 1 nitrogen and oxygen atoms in total. The molecule has 2 aromatic carbocycles. The highest BCUT2D eigenvalue weighted by atomic mass is 16.3. The van der Waals surface area contributed by atoms with Crippen LogP contribution in [0, 0.1) is 5.92 Å². The average molecular weight is 236 g/mol. The molecule has 5 rings (SSSR count). The van der Waals surface area contributed by atoms with Gasteiger partial charge in [0.25, 0.3) is 0 Å². The molecule has 0 spiro atoms. The largest absolute Gasteiger partial charge is 0.392 e. The van der Waals surface area contributed by atoms with Gasteiger partial charge in [-0.2, -0.15) is 0 Å². The van der Waals surface area contributed by atoms with E-state index in [1.807, 2.05) is 0 Å². The van der Waals surface area contributed by atoms with Crippen molar-refractivity contribution < 1.29 is 5.11 Å². The molecule has 3 aliphatic carbocycles. The van der Waals surface area contributed by atoms with Crippen LogP contribution in [0.5, 0.6) is 0 Å². The van der Waals surface area contributed by atoms with Crippen molar-refractivity contribution >= 4 is 0 Å². The zero-order chi connectivity index (χ0) is 12.3. The Hall–Kier alpha value is -1.60. The molecule has 90 valence electrons. The first kappa shape index (κ1) is 10.3. The zero-order valence-corrected chi connectivity index (χ0v) is 10.4. The van der Waals surface area contributed by atoms with Crippen molar-refractivity contribution in [2.24, 2.45) is 5.92 Å². The minimum absolute atomic E-state index is 0.164. The summed E-state index contributed by atoms with van der Waals surface area (Å²) >= 11 is 0. The molecule has 0 aromatic heterocycles. The van der Waals surface area contributed by atoms with E-state index in [-0.39, 0.29) is 12.0 Å². The number of hydrogen-bond acceptors (Lipinski definition) is 1. The molecular weight excluding hydrogens is 220 g/mol. The summed E-state index contributed by atoms with van der Waals surface area (Å²) in [5.74, 6) is 0.828. The summed E-state index contributed by atoms with van der Waals surface area (Å²) in [6.45, 7) is 2.17. The molecule has 2 bridgehead atoms. The molecular formula is C17H16O. The summed E-state index contributed by atoms with van der Waals surface area (Å²) in [6, 6.07) is 17.2. The number of hydrogen-bond donors (Lipinski definition) is 1. The zero-order valence-electron chi connectivity index (χ0n) is 10.4. The second-order valence-electron chi connectivity index (χ2n) is 5.56. The van der Waals surface area contributed by atoms with E-state index in [0.717, 1.165) is 0 Å². The van der Waals surface area contributed by atoms with Crippen LogP contribution in [0.3, 0.4) is 0 Å². The van der Waals surface area contributed by atoms with Gasteiger partial charge >= 0.3 is 0 Å². The van der Waals surface area contributed by atoms with Gasteiger partial charge in [0.2, 0.25) is 0 Å². The van der Waals surface area contributed by atoms with E-state index < -0.39 is 0 Å². The molecule has 0 unspecified atom stereocenters. The van der Waals surface area contributed by atoms with Crippen molar-refractivity contribution in [1.82, 2.24) is 0 Å². The number of aliphatic hydroxyl groups is 1. The molecule has 0 fully saturated rings. The first-order chi connectivity index (χ1) is 8.79. The van der Waals surface area contributed by atoms with Crippen LogP contribution in [0.25, 0.3) is 0 Å². The second-order valence-corrected chi connectivity index (χ2v) is 5.56. The van der Waals surface area contributed by atoms with Gasteiger partial charge in [-0.15, -0.1) is 0 Å². The predicted octanol–water partition coefficient (Wildman–Crippen LogP) is 3.27. The summed E-state index contributed by atoms with van der Waals surface area (Å²) in [5, 5.41) is 10.6. The summed E-state index contributed by atoms with van der Waals surface area (Å²) in [6.07, 6.45) is -0.250. The minimum Gasteiger partial charge on any atom is -0.392 e. The molecule has 0 saturated carbocycles. The van der Waals surface area contributed by atoms with Crippen LogP contribution in [0.1, 0.15) is 41.0 Å². The van der Waals surface area contributed by atoms with E-state index in [1.54, 1.807) is 0 Å². The first-order valence-corrected chi connectivity index (χ1v) is 6.64. The smallest absolute Gasteiger partial charge is 0.0684 e. The summed E-state index contributed by atoms with van der Waals surface area (Å²) < 4.78 is 0. The topological polar surface area (TPSA) is 20.2 Å². The highest BCUT2D eigenvalue weighted by molar-refractivity contribution is 5.56. The van der Waals surface area contributed by atoms with Crippen LogP contribution in [0.4, 0.5) is 0 Å². The highest BCUT2D eigenvalue weighted by Crippen LogP contribution is 2.54. The van der Waals surface area contributed by atoms with Gasteiger partial charge < -0.3 is 5.11 Å². The van der Waals surface area contributed by atoms with Gasteiger partial charge in [-0.25, -0.2) is 0 Å². The Balaban J connectivity index is 2.06. The van der Waals surface area contributed by atoms with E-state index in [0.29, 0.717) is 11.8 Å². The lowest BCUT2D eigenvalue weighted by atomic mass is 9.58. The average Bonchev–Trinajstić information content (AvgIpc) is 2.42. The molecule has 1 N–H and O–H groups in total. The van der Waals surface area contributed by atoms with Crippen molar-refractivity contribution in [3.8, 4) is 0 Å². The van der Waals surface area contributed by atoms with Crippen molar-refractivity contribution in [2.45, 2.75) is 24.9 Å². The monoisotopic (exact) mass is 236 g/mol. The van der Waals surface area contributed by atoms with Crippen LogP contribution in [0.15, 0.2) is 48.5 Å². The van der Waals surface area contributed by atoms with E-state index >= 15 is 0 Å². The van der Waals surface area contributed by atoms with Crippen LogP contribution < -0.4 is 0 Å². The fourth-order valence-electron chi connectivity index (χ4n) is 3.92. The van der Waals surface area contributed by atoms with Crippen LogP contribution >= 0.6 is 0 Å². The standard InChI is InChI=1S/C17H16O/c1-10-15-11-6-2-4-8-13(11)16(17(10)18)14-9-5-3-7-12(14)15/h2-10,15-18H,1H3/t10-,15?,16?,17-/m0/s1. The summed E-state index contributed by atoms with van der Waals surface area (Å²) in [4.78, 5) is 0. The molecule has 0 aliphatic heterocycles. The molecule has 0 saturated heterocycles. The van der Waals surface area contributed by atoms with Gasteiger partial charge in [0, 0.05) is 11.8 Å². The van der Waals surface area contributed by atoms with Crippen molar-refractivity contribution in [2.75, 3.05) is 0 Å². The molecule has 18 heavy (non-hydrogen) atoms. The van der Waals surface area contributed by atoms with Gasteiger partial charge in [-0.3, -0.25) is 0 Å². The number of fused-ring (bicyclic) bond motifs is 1. The summed E-state index contributed by atoms with van der Waals surface area (Å²) in [7, 11) is 0. The number of rotatable bonds is 0. The third kappa shape index (κ3) is 1.10. The Labute approximate surface area is 107 Å². The van der Waals surface area contributed by atoms with E-state index in [1.165, 1.54) is 22.3 Å². The Kier molecular flexibility index (Phi) is 1.98.